The van der Waals surface area contributed by atoms with Crippen molar-refractivity contribution in [3.8, 4) is 5.75 Å². The monoisotopic (exact) mass is 497 g/mol. The Morgan fingerprint density at radius 1 is 1.31 bits per heavy atom. The Labute approximate surface area is 194 Å². The lowest BCUT2D eigenvalue weighted by Gasteiger charge is -2.24. The van der Waals surface area contributed by atoms with Gasteiger partial charge in [0.25, 0.3) is 5.91 Å². The van der Waals surface area contributed by atoms with Gasteiger partial charge in [-0.1, -0.05) is 29.5 Å². The number of hydrogen-bond acceptors (Lipinski definition) is 7. The molecule has 2 aliphatic rings. The number of fused-ring (bicyclic) bond motifs is 1. The molecular formula is C22H24BrN7O2. The first kappa shape index (κ1) is 21.9. The van der Waals surface area contributed by atoms with Gasteiger partial charge in [-0.15, -0.1) is 0 Å². The highest BCUT2D eigenvalue weighted by molar-refractivity contribution is 9.10. The van der Waals surface area contributed by atoms with Crippen molar-refractivity contribution in [1.82, 2.24) is 20.2 Å². The number of amides is 1. The molecule has 1 aromatic carbocycles. The quantitative estimate of drug-likeness (QED) is 0.467. The van der Waals surface area contributed by atoms with Crippen LogP contribution in [0.4, 0.5) is 0 Å². The maximum absolute atomic E-state index is 12.2. The van der Waals surface area contributed by atoms with Gasteiger partial charge in [-0.25, -0.2) is 5.43 Å². The molecule has 1 aromatic heterocycles. The molecule has 9 nitrogen and oxygen atoms in total. The highest BCUT2D eigenvalue weighted by Gasteiger charge is 2.30. The predicted molar refractivity (Wildman–Crippen MR) is 124 cm³/mol. The highest BCUT2D eigenvalue weighted by atomic mass is 79.9. The number of aryl methyl sites for hydroxylation is 1. The van der Waals surface area contributed by atoms with Crippen molar-refractivity contribution >= 4 is 28.1 Å². The van der Waals surface area contributed by atoms with Crippen LogP contribution in [0.1, 0.15) is 22.5 Å². The lowest BCUT2D eigenvalue weighted by atomic mass is 10.0. The minimum absolute atomic E-state index is 0.0498. The zero-order valence-corrected chi connectivity index (χ0v) is 19.7. The van der Waals surface area contributed by atoms with Crippen LogP contribution < -0.4 is 10.2 Å². The molecule has 0 bridgehead atoms. The smallest absolute Gasteiger partial charge is 0.261 e. The van der Waals surface area contributed by atoms with E-state index in [1.807, 2.05) is 55.3 Å². The van der Waals surface area contributed by atoms with Crippen molar-refractivity contribution in [3.63, 3.8) is 0 Å². The largest absolute Gasteiger partial charge is 0.496 e. The molecular weight excluding hydrogens is 474 g/mol. The molecule has 32 heavy (non-hydrogen) atoms. The normalized spacial score (nSPS) is 19.1. The Balaban J connectivity index is 1.40. The fraction of sp³-hybridized carbons (Fsp3) is 0.318. The molecule has 4 rings (SSSR count). The summed E-state index contributed by atoms with van der Waals surface area (Å²) in [6.45, 7) is 4.43. The number of benzene rings is 1. The van der Waals surface area contributed by atoms with Crippen molar-refractivity contribution in [3.05, 3.63) is 69.5 Å². The summed E-state index contributed by atoms with van der Waals surface area (Å²) in [5.41, 5.74) is 6.08. The topological polar surface area (TPSA) is 96.5 Å². The van der Waals surface area contributed by atoms with E-state index < -0.39 is 0 Å². The van der Waals surface area contributed by atoms with E-state index in [0.29, 0.717) is 6.54 Å². The number of methoxy groups -OCH3 is 1. The fourth-order valence-electron chi connectivity index (χ4n) is 3.64. The van der Waals surface area contributed by atoms with Gasteiger partial charge >= 0.3 is 0 Å². The number of aromatic nitrogens is 2. The zero-order valence-electron chi connectivity index (χ0n) is 18.1. The van der Waals surface area contributed by atoms with Gasteiger partial charge < -0.3 is 4.74 Å². The van der Waals surface area contributed by atoms with E-state index in [0.717, 1.165) is 32.7 Å². The van der Waals surface area contributed by atoms with Crippen molar-refractivity contribution in [2.75, 3.05) is 7.11 Å². The third-order valence-electron chi connectivity index (χ3n) is 5.35. The van der Waals surface area contributed by atoms with Crippen molar-refractivity contribution in [2.24, 2.45) is 15.4 Å². The molecule has 1 amide bonds. The van der Waals surface area contributed by atoms with Crippen molar-refractivity contribution < 1.29 is 9.53 Å². The molecule has 10 heteroatoms. The summed E-state index contributed by atoms with van der Waals surface area (Å²) in [6, 6.07) is 5.89. The van der Waals surface area contributed by atoms with E-state index in [1.165, 1.54) is 0 Å². The van der Waals surface area contributed by atoms with E-state index in [2.05, 4.69) is 48.0 Å². The number of allylic oxidation sites excluding steroid dienone is 2. The van der Waals surface area contributed by atoms with Gasteiger partial charge in [0.1, 0.15) is 18.3 Å². The lowest BCUT2D eigenvalue weighted by Crippen LogP contribution is -2.32. The van der Waals surface area contributed by atoms with Gasteiger partial charge in [-0.3, -0.25) is 14.5 Å². The molecule has 0 saturated carbocycles. The maximum Gasteiger partial charge on any atom is 0.261 e. The maximum atomic E-state index is 12.2. The second-order valence-electron chi connectivity index (χ2n) is 7.56. The number of carbonyl (C=O) groups excluding carboxylic acids is 1. The first-order valence-corrected chi connectivity index (χ1v) is 11.0. The van der Waals surface area contributed by atoms with E-state index >= 15 is 0 Å². The third kappa shape index (κ3) is 4.64. The minimum atomic E-state index is -0.256. The average molecular weight is 498 g/mol. The fourth-order valence-corrected chi connectivity index (χ4v) is 3.93. The van der Waals surface area contributed by atoms with Gasteiger partial charge in [0.2, 0.25) is 0 Å². The number of rotatable bonds is 7. The number of ether oxygens (including phenoxy) is 1. The molecule has 0 radical (unpaired) electrons. The van der Waals surface area contributed by atoms with E-state index in [-0.39, 0.29) is 24.5 Å². The molecule has 2 unspecified atom stereocenters. The second kappa shape index (κ2) is 9.47. The molecule has 2 aromatic rings. The van der Waals surface area contributed by atoms with Crippen molar-refractivity contribution in [1.29, 1.82) is 0 Å². The first-order chi connectivity index (χ1) is 15.5. The predicted octanol–water partition coefficient (Wildman–Crippen LogP) is 3.47. The number of halogens is 1. The molecule has 1 aliphatic carbocycles. The molecule has 0 saturated heterocycles. The van der Waals surface area contributed by atoms with E-state index in [4.69, 9.17) is 4.74 Å². The van der Waals surface area contributed by atoms with Crippen LogP contribution in [0.5, 0.6) is 5.75 Å². The van der Waals surface area contributed by atoms with Gasteiger partial charge in [0.15, 0.2) is 0 Å². The standard InChI is InChI=1S/C22H24BrN7O2/c1-14-22(23)15(2)29(27-14)13-21(31)26-24-11-16-8-9-20(32-3)17(10-16)12-30-19-7-5-4-6-18(19)25-28-30/h4-11,18-19H,12-13H2,1-3H3,(H,26,31)/b24-11+. The summed E-state index contributed by atoms with van der Waals surface area (Å²) in [7, 11) is 1.64. The van der Waals surface area contributed by atoms with Crippen LogP contribution in [0.25, 0.3) is 0 Å². The highest BCUT2D eigenvalue weighted by Crippen LogP contribution is 2.28. The Hall–Kier alpha value is -3.27. The van der Waals surface area contributed by atoms with E-state index in [1.54, 1.807) is 18.0 Å². The summed E-state index contributed by atoms with van der Waals surface area (Å²) >= 11 is 3.46. The van der Waals surface area contributed by atoms with Crippen molar-refractivity contribution in [2.45, 2.75) is 39.0 Å². The molecule has 1 aliphatic heterocycles. The first-order valence-electron chi connectivity index (χ1n) is 10.2. The Kier molecular flexibility index (Phi) is 6.50. The van der Waals surface area contributed by atoms with Gasteiger partial charge in [0.05, 0.1) is 41.8 Å². The second-order valence-corrected chi connectivity index (χ2v) is 8.35. The SMILES string of the molecule is COc1ccc(/C=N/NC(=O)Cn2nc(C)c(Br)c2C)cc1CN1N=NC2C=CC=CC21. The van der Waals surface area contributed by atoms with Gasteiger partial charge in [-0.2, -0.15) is 15.3 Å². The summed E-state index contributed by atoms with van der Waals surface area (Å²) in [5, 5.41) is 19.0. The number of nitrogens with zero attached hydrogens (tertiary/aromatic N) is 6. The summed E-state index contributed by atoms with van der Waals surface area (Å²) in [5.74, 6) is 0.504. The average Bonchev–Trinajstić information content (AvgIpc) is 3.30. The number of hydrazone groups is 1. The molecule has 166 valence electrons. The van der Waals surface area contributed by atoms with E-state index in [9.17, 15) is 4.79 Å². The summed E-state index contributed by atoms with van der Waals surface area (Å²) in [4.78, 5) is 12.2. The van der Waals surface area contributed by atoms with Crippen LogP contribution >= 0.6 is 15.9 Å². The molecule has 2 atom stereocenters. The van der Waals surface area contributed by atoms with Crippen LogP contribution in [0.15, 0.2) is 62.4 Å². The molecule has 0 fully saturated rings. The minimum Gasteiger partial charge on any atom is -0.496 e. The van der Waals surface area contributed by atoms with Gasteiger partial charge in [-0.05, 0) is 53.5 Å². The van der Waals surface area contributed by atoms with Crippen LogP contribution in [0, 0.1) is 13.8 Å². The Morgan fingerprint density at radius 3 is 2.88 bits per heavy atom. The zero-order chi connectivity index (χ0) is 22.7. The molecule has 0 spiro atoms. The van der Waals surface area contributed by atoms with Gasteiger partial charge in [0, 0.05) is 5.56 Å². The van der Waals surface area contributed by atoms with Crippen LogP contribution in [0.2, 0.25) is 0 Å². The Bertz CT molecular complexity index is 1140. The molecule has 2 heterocycles. The summed E-state index contributed by atoms with van der Waals surface area (Å²) < 4.78 is 8.07. The van der Waals surface area contributed by atoms with Crippen LogP contribution in [-0.4, -0.2) is 46.1 Å². The number of carbonyl (C=O) groups is 1. The number of hydrogen-bond donors (Lipinski definition) is 1. The lowest BCUT2D eigenvalue weighted by molar-refractivity contribution is -0.121. The van der Waals surface area contributed by atoms with Crippen LogP contribution in [0.3, 0.4) is 0 Å². The summed E-state index contributed by atoms with van der Waals surface area (Å²) in [6.07, 6.45) is 9.75. The Morgan fingerprint density at radius 2 is 2.12 bits per heavy atom. The molecule has 1 N–H and O–H groups in total. The number of nitrogens with one attached hydrogen (secondary N) is 1. The third-order valence-corrected chi connectivity index (χ3v) is 6.50. The van der Waals surface area contributed by atoms with Crippen LogP contribution in [-0.2, 0) is 17.9 Å².